The fourth-order valence-electron chi connectivity index (χ4n) is 2.41. The van der Waals surface area contributed by atoms with Crippen LogP contribution in [0.3, 0.4) is 0 Å². The lowest BCUT2D eigenvalue weighted by Crippen LogP contribution is -2.31. The molecule has 0 radical (unpaired) electrons. The maximum atomic E-state index is 12.6. The van der Waals surface area contributed by atoms with E-state index < -0.39 is 5.97 Å². The Bertz CT molecular complexity index is 899. The van der Waals surface area contributed by atoms with Crippen molar-refractivity contribution >= 4 is 11.9 Å². The zero-order valence-electron chi connectivity index (χ0n) is 15.2. The number of ether oxygens (including phenoxy) is 1. The predicted octanol–water partition coefficient (Wildman–Crippen LogP) is 3.06. The van der Waals surface area contributed by atoms with E-state index in [1.54, 1.807) is 18.2 Å². The highest BCUT2D eigenvalue weighted by Gasteiger charge is 2.20. The van der Waals surface area contributed by atoms with Gasteiger partial charge in [-0.15, -0.1) is 0 Å². The molecule has 2 aromatic heterocycles. The molecule has 1 aromatic carbocycles. The smallest absolute Gasteiger partial charge is 0.357 e. The number of hydrogen-bond donors (Lipinski definition) is 1. The van der Waals surface area contributed by atoms with Crippen LogP contribution in [0, 0.1) is 5.92 Å². The van der Waals surface area contributed by atoms with Gasteiger partial charge in [-0.25, -0.2) is 9.48 Å². The Hall–Kier alpha value is -3.35. The number of amides is 1. The van der Waals surface area contributed by atoms with Gasteiger partial charge in [-0.05, 0) is 30.2 Å². The van der Waals surface area contributed by atoms with Gasteiger partial charge in [0.2, 0.25) is 0 Å². The van der Waals surface area contributed by atoms with Crippen LogP contribution in [0.1, 0.15) is 24.3 Å². The summed E-state index contributed by atoms with van der Waals surface area (Å²) in [6.07, 6.45) is 1.54. The number of hydrogen-bond acceptors (Lipinski definition) is 5. The van der Waals surface area contributed by atoms with E-state index >= 15 is 0 Å². The number of rotatable bonds is 7. The van der Waals surface area contributed by atoms with Crippen LogP contribution >= 0.6 is 0 Å². The Balaban J connectivity index is 1.80. The Kier molecular flexibility index (Phi) is 5.71. The first-order chi connectivity index (χ1) is 13.0. The maximum absolute atomic E-state index is 12.6. The van der Waals surface area contributed by atoms with Crippen LogP contribution in [-0.4, -0.2) is 34.8 Å². The van der Waals surface area contributed by atoms with E-state index in [1.165, 1.54) is 10.9 Å². The van der Waals surface area contributed by atoms with Crippen molar-refractivity contribution < 1.29 is 18.7 Å². The van der Waals surface area contributed by atoms with Gasteiger partial charge in [-0.1, -0.05) is 32.0 Å². The van der Waals surface area contributed by atoms with E-state index in [4.69, 9.17) is 9.15 Å². The summed E-state index contributed by atoms with van der Waals surface area (Å²) in [4.78, 5) is 24.4. The van der Waals surface area contributed by atoms with Gasteiger partial charge in [0.05, 0.1) is 12.0 Å². The minimum absolute atomic E-state index is 0.212. The quantitative estimate of drug-likeness (QED) is 0.649. The molecule has 7 nitrogen and oxygen atoms in total. The Labute approximate surface area is 156 Å². The van der Waals surface area contributed by atoms with Crippen molar-refractivity contribution in [2.45, 2.75) is 13.8 Å². The molecule has 0 unspecified atom stereocenters. The lowest BCUT2D eigenvalue weighted by molar-refractivity contribution is -0.124. The van der Waals surface area contributed by atoms with E-state index in [1.807, 2.05) is 44.2 Å². The summed E-state index contributed by atoms with van der Waals surface area (Å²) < 4.78 is 12.0. The van der Waals surface area contributed by atoms with Crippen LogP contribution in [0.15, 0.2) is 59.2 Å². The van der Waals surface area contributed by atoms with E-state index in [2.05, 4.69) is 10.4 Å². The highest BCUT2D eigenvalue weighted by atomic mass is 16.5. The number of para-hydroxylation sites is 1. The van der Waals surface area contributed by atoms with Crippen molar-refractivity contribution in [3.63, 3.8) is 0 Å². The van der Waals surface area contributed by atoms with E-state index in [9.17, 15) is 9.59 Å². The lowest BCUT2D eigenvalue weighted by Gasteiger charge is -2.09. The third-order valence-corrected chi connectivity index (χ3v) is 3.73. The van der Waals surface area contributed by atoms with Crippen LogP contribution in [0.5, 0.6) is 0 Å². The summed E-state index contributed by atoms with van der Waals surface area (Å²) in [5.74, 6) is -0.119. The topological polar surface area (TPSA) is 86.4 Å². The molecule has 27 heavy (non-hydrogen) atoms. The van der Waals surface area contributed by atoms with Gasteiger partial charge in [-0.2, -0.15) is 5.10 Å². The molecule has 7 heteroatoms. The number of nitrogens with one attached hydrogen (secondary N) is 1. The van der Waals surface area contributed by atoms with Crippen LogP contribution in [0.2, 0.25) is 0 Å². The SMILES string of the molecule is CC(C)CNC(=O)COC(=O)c1cc(-c2ccco2)nn1-c1ccccc1. The second kappa shape index (κ2) is 8.35. The molecule has 2 heterocycles. The normalized spacial score (nSPS) is 10.8. The maximum Gasteiger partial charge on any atom is 0.357 e. The summed E-state index contributed by atoms with van der Waals surface area (Å²) in [5, 5.41) is 7.16. The average Bonchev–Trinajstić information content (AvgIpc) is 3.34. The molecule has 0 aliphatic heterocycles. The monoisotopic (exact) mass is 367 g/mol. The fourth-order valence-corrected chi connectivity index (χ4v) is 2.41. The molecule has 140 valence electrons. The Morgan fingerprint density at radius 3 is 2.63 bits per heavy atom. The van der Waals surface area contributed by atoms with Crippen molar-refractivity contribution in [3.8, 4) is 17.1 Å². The zero-order valence-corrected chi connectivity index (χ0v) is 15.2. The molecule has 0 aliphatic carbocycles. The summed E-state index contributed by atoms with van der Waals surface area (Å²) in [7, 11) is 0. The molecule has 1 N–H and O–H groups in total. The predicted molar refractivity (Wildman–Crippen MR) is 99.4 cm³/mol. The van der Waals surface area contributed by atoms with Gasteiger partial charge in [0.25, 0.3) is 5.91 Å². The number of esters is 1. The summed E-state index contributed by atoms with van der Waals surface area (Å²) in [6.45, 7) is 4.16. The molecule has 0 bridgehead atoms. The second-order valence-electron chi connectivity index (χ2n) is 6.41. The van der Waals surface area contributed by atoms with Crippen molar-refractivity contribution in [1.82, 2.24) is 15.1 Å². The number of furan rings is 1. The summed E-state index contributed by atoms with van der Waals surface area (Å²) >= 11 is 0. The van der Waals surface area contributed by atoms with Crippen molar-refractivity contribution in [3.05, 3.63) is 60.5 Å². The molecule has 3 aromatic rings. The fraction of sp³-hybridized carbons (Fsp3) is 0.250. The van der Waals surface area contributed by atoms with Gasteiger partial charge >= 0.3 is 5.97 Å². The minimum Gasteiger partial charge on any atom is -0.463 e. The van der Waals surface area contributed by atoms with E-state index in [0.717, 1.165) is 0 Å². The summed E-state index contributed by atoms with van der Waals surface area (Å²) in [5.41, 5.74) is 1.41. The number of carbonyl (C=O) groups is 2. The standard InChI is InChI=1S/C20H21N3O4/c1-14(2)12-21-19(24)13-27-20(25)17-11-16(18-9-6-10-26-18)22-23(17)15-7-4-3-5-8-15/h3-11,14H,12-13H2,1-2H3,(H,21,24). The van der Waals surface area contributed by atoms with Gasteiger partial charge < -0.3 is 14.5 Å². The number of aromatic nitrogens is 2. The molecule has 0 spiro atoms. The first-order valence-corrected chi connectivity index (χ1v) is 8.68. The van der Waals surface area contributed by atoms with Crippen molar-refractivity contribution in [2.75, 3.05) is 13.2 Å². The highest BCUT2D eigenvalue weighted by Crippen LogP contribution is 2.22. The van der Waals surface area contributed by atoms with Gasteiger partial charge in [-0.3, -0.25) is 4.79 Å². The third-order valence-electron chi connectivity index (χ3n) is 3.73. The van der Waals surface area contributed by atoms with Gasteiger partial charge in [0.1, 0.15) is 5.69 Å². The van der Waals surface area contributed by atoms with Gasteiger partial charge in [0.15, 0.2) is 18.1 Å². The molecule has 0 atom stereocenters. The minimum atomic E-state index is -0.635. The Morgan fingerprint density at radius 1 is 1.19 bits per heavy atom. The molecular weight excluding hydrogens is 346 g/mol. The van der Waals surface area contributed by atoms with Crippen LogP contribution in [0.4, 0.5) is 0 Å². The molecule has 0 aliphatic rings. The first kappa shape index (κ1) is 18.4. The van der Waals surface area contributed by atoms with E-state index in [-0.39, 0.29) is 18.2 Å². The van der Waals surface area contributed by atoms with Gasteiger partial charge in [0, 0.05) is 12.6 Å². The first-order valence-electron chi connectivity index (χ1n) is 8.68. The number of benzene rings is 1. The largest absolute Gasteiger partial charge is 0.463 e. The Morgan fingerprint density at radius 2 is 1.96 bits per heavy atom. The van der Waals surface area contributed by atoms with Crippen LogP contribution in [0.25, 0.3) is 17.1 Å². The highest BCUT2D eigenvalue weighted by molar-refractivity contribution is 5.91. The van der Waals surface area contributed by atoms with Crippen molar-refractivity contribution in [1.29, 1.82) is 0 Å². The van der Waals surface area contributed by atoms with Crippen LogP contribution in [-0.2, 0) is 9.53 Å². The molecule has 0 saturated heterocycles. The number of nitrogens with zero attached hydrogens (tertiary/aromatic N) is 2. The number of carbonyl (C=O) groups excluding carboxylic acids is 2. The zero-order chi connectivity index (χ0) is 19.2. The van der Waals surface area contributed by atoms with Crippen molar-refractivity contribution in [2.24, 2.45) is 5.92 Å². The third kappa shape index (κ3) is 4.63. The lowest BCUT2D eigenvalue weighted by atomic mass is 10.2. The second-order valence-corrected chi connectivity index (χ2v) is 6.41. The van der Waals surface area contributed by atoms with Crippen LogP contribution < -0.4 is 5.32 Å². The molecule has 1 amide bonds. The summed E-state index contributed by atoms with van der Waals surface area (Å²) in [6, 6.07) is 14.3. The van der Waals surface area contributed by atoms with E-state index in [0.29, 0.717) is 29.6 Å². The molecule has 0 saturated carbocycles. The average molecular weight is 367 g/mol. The molecule has 3 rings (SSSR count). The molecular formula is C20H21N3O4. The molecule has 0 fully saturated rings.